The lowest BCUT2D eigenvalue weighted by Gasteiger charge is -2.29. The third-order valence-corrected chi connectivity index (χ3v) is 4.02. The van der Waals surface area contributed by atoms with E-state index >= 15 is 0 Å². The molecule has 2 aromatic rings. The first kappa shape index (κ1) is 21.9. The quantitative estimate of drug-likeness (QED) is 0.554. The number of hydrogen-bond donors (Lipinski definition) is 2. The van der Waals surface area contributed by atoms with Crippen molar-refractivity contribution in [2.45, 2.75) is 18.2 Å². The first-order chi connectivity index (χ1) is 14.3. The number of imide groups is 1. The number of nitrogens with one attached hydrogen (secondary N) is 2. The zero-order valence-corrected chi connectivity index (χ0v) is 14.9. The normalized spacial score (nSPS) is 19.2. The zero-order valence-electron chi connectivity index (χ0n) is 14.9. The Bertz CT molecular complexity index is 1010. The van der Waals surface area contributed by atoms with Crippen LogP contribution in [0.4, 0.5) is 36.8 Å². The van der Waals surface area contributed by atoms with E-state index in [9.17, 15) is 40.7 Å². The van der Waals surface area contributed by atoms with Crippen molar-refractivity contribution >= 4 is 23.5 Å². The van der Waals surface area contributed by atoms with Crippen LogP contribution in [-0.4, -0.2) is 41.0 Å². The molecule has 8 nitrogen and oxygen atoms in total. The topological polar surface area (TPSA) is 101 Å². The number of anilines is 1. The summed E-state index contributed by atoms with van der Waals surface area (Å²) in [5.41, 5.74) is -4.56. The largest absolute Gasteiger partial charge is 0.573 e. The SMILES string of the molecule is O=C(NC1(C(F)(F)F)NC(=O)N(c2ccc(OC(F)(F)F)cc2)C1=O)c1ccncc1. The van der Waals surface area contributed by atoms with Crippen molar-refractivity contribution in [3.05, 3.63) is 54.4 Å². The number of halogens is 6. The Morgan fingerprint density at radius 1 is 1.00 bits per heavy atom. The number of amides is 4. The Labute approximate surface area is 168 Å². The fraction of sp³-hybridized carbons (Fsp3) is 0.176. The van der Waals surface area contributed by atoms with E-state index in [1.807, 2.05) is 0 Å². The first-order valence-electron chi connectivity index (χ1n) is 8.16. The van der Waals surface area contributed by atoms with Gasteiger partial charge in [-0.3, -0.25) is 19.9 Å². The van der Waals surface area contributed by atoms with Crippen LogP contribution < -0.4 is 20.3 Å². The molecule has 2 N–H and O–H groups in total. The molecule has 1 aliphatic heterocycles. The maximum absolute atomic E-state index is 13.8. The minimum absolute atomic E-state index is 0.0394. The van der Waals surface area contributed by atoms with Gasteiger partial charge in [0.2, 0.25) is 0 Å². The van der Waals surface area contributed by atoms with E-state index in [0.717, 1.165) is 36.7 Å². The molecule has 31 heavy (non-hydrogen) atoms. The van der Waals surface area contributed by atoms with Crippen molar-refractivity contribution in [2.24, 2.45) is 0 Å². The van der Waals surface area contributed by atoms with Gasteiger partial charge in [-0.25, -0.2) is 9.69 Å². The van der Waals surface area contributed by atoms with Gasteiger partial charge >= 0.3 is 18.6 Å². The molecule has 1 aromatic carbocycles. The molecule has 0 spiro atoms. The summed E-state index contributed by atoms with van der Waals surface area (Å²) in [6.45, 7) is 0. The Hall–Kier alpha value is -3.84. The number of ether oxygens (including phenoxy) is 1. The zero-order chi connectivity index (χ0) is 23.0. The van der Waals surface area contributed by atoms with Crippen molar-refractivity contribution in [2.75, 3.05) is 4.90 Å². The molecule has 1 aromatic heterocycles. The number of pyridine rings is 1. The van der Waals surface area contributed by atoms with Crippen LogP contribution in [0.3, 0.4) is 0 Å². The molecule has 3 rings (SSSR count). The molecule has 1 fully saturated rings. The summed E-state index contributed by atoms with van der Waals surface area (Å²) in [4.78, 5) is 40.7. The maximum Gasteiger partial charge on any atom is 0.573 e. The second-order valence-corrected chi connectivity index (χ2v) is 6.05. The average Bonchev–Trinajstić information content (AvgIpc) is 2.92. The van der Waals surface area contributed by atoms with E-state index < -0.39 is 47.5 Å². The number of carbonyl (C=O) groups is 3. The van der Waals surface area contributed by atoms with Gasteiger partial charge in [0.15, 0.2) is 0 Å². The van der Waals surface area contributed by atoms with Crippen LogP contribution in [0.25, 0.3) is 0 Å². The van der Waals surface area contributed by atoms with Crippen LogP contribution in [-0.2, 0) is 4.79 Å². The molecule has 0 saturated carbocycles. The molecule has 1 aliphatic rings. The van der Waals surface area contributed by atoms with Gasteiger partial charge in [0.25, 0.3) is 17.5 Å². The van der Waals surface area contributed by atoms with Crippen molar-refractivity contribution in [1.29, 1.82) is 0 Å². The van der Waals surface area contributed by atoms with Crippen LogP contribution in [0.1, 0.15) is 10.4 Å². The number of alkyl halides is 6. The van der Waals surface area contributed by atoms with E-state index in [2.05, 4.69) is 9.72 Å². The summed E-state index contributed by atoms with van der Waals surface area (Å²) in [6.07, 6.45) is -8.23. The Balaban J connectivity index is 1.93. The van der Waals surface area contributed by atoms with Gasteiger partial charge in [0, 0.05) is 18.0 Å². The van der Waals surface area contributed by atoms with E-state index in [4.69, 9.17) is 0 Å². The average molecular weight is 448 g/mol. The monoisotopic (exact) mass is 448 g/mol. The van der Waals surface area contributed by atoms with Crippen molar-refractivity contribution in [1.82, 2.24) is 15.6 Å². The van der Waals surface area contributed by atoms with Crippen LogP contribution in [0, 0.1) is 0 Å². The lowest BCUT2D eigenvalue weighted by molar-refractivity contribution is -0.274. The third-order valence-electron chi connectivity index (χ3n) is 4.02. The van der Waals surface area contributed by atoms with Crippen molar-refractivity contribution in [3.63, 3.8) is 0 Å². The summed E-state index contributed by atoms with van der Waals surface area (Å²) in [5, 5.41) is 2.90. The molecular weight excluding hydrogens is 438 g/mol. The van der Waals surface area contributed by atoms with Gasteiger partial charge < -0.3 is 10.1 Å². The summed E-state index contributed by atoms with van der Waals surface area (Å²) in [5.74, 6) is -3.96. The number of carbonyl (C=O) groups excluding carboxylic acids is 3. The molecular formula is C17H10F6N4O4. The highest BCUT2D eigenvalue weighted by Gasteiger charge is 2.69. The minimum atomic E-state index is -5.46. The molecule has 1 atom stereocenters. The molecule has 1 unspecified atom stereocenters. The predicted molar refractivity (Wildman–Crippen MR) is 89.6 cm³/mol. The lowest BCUT2D eigenvalue weighted by atomic mass is 10.1. The molecule has 0 radical (unpaired) electrons. The van der Waals surface area contributed by atoms with Gasteiger partial charge in [-0.15, -0.1) is 13.2 Å². The number of aromatic nitrogens is 1. The number of urea groups is 1. The molecule has 164 valence electrons. The number of rotatable bonds is 4. The predicted octanol–water partition coefficient (Wildman–Crippen LogP) is 2.73. The van der Waals surface area contributed by atoms with Crippen LogP contribution in [0.15, 0.2) is 48.8 Å². The first-order valence-corrected chi connectivity index (χ1v) is 8.16. The smallest absolute Gasteiger partial charge is 0.406 e. The number of hydrogen-bond acceptors (Lipinski definition) is 5. The van der Waals surface area contributed by atoms with Crippen LogP contribution in [0.2, 0.25) is 0 Å². The Morgan fingerprint density at radius 3 is 2.10 bits per heavy atom. The van der Waals surface area contributed by atoms with Gasteiger partial charge in [0.1, 0.15) is 5.75 Å². The second kappa shape index (κ2) is 7.45. The number of nitrogens with zero attached hydrogens (tertiary/aromatic N) is 2. The molecule has 1 saturated heterocycles. The van der Waals surface area contributed by atoms with Gasteiger partial charge in [0.05, 0.1) is 5.69 Å². The highest BCUT2D eigenvalue weighted by Crippen LogP contribution is 2.36. The van der Waals surface area contributed by atoms with E-state index in [1.165, 1.54) is 10.6 Å². The van der Waals surface area contributed by atoms with Gasteiger partial charge in [-0.2, -0.15) is 13.2 Å². The summed E-state index contributed by atoms with van der Waals surface area (Å²) >= 11 is 0. The highest BCUT2D eigenvalue weighted by molar-refractivity contribution is 6.24. The Kier molecular flexibility index (Phi) is 5.25. The fourth-order valence-corrected chi connectivity index (χ4v) is 2.65. The van der Waals surface area contributed by atoms with Crippen molar-refractivity contribution in [3.8, 4) is 5.75 Å². The summed E-state index contributed by atoms with van der Waals surface area (Å²) in [7, 11) is 0. The summed E-state index contributed by atoms with van der Waals surface area (Å²) in [6, 6.07) is 3.56. The molecule has 4 amide bonds. The summed E-state index contributed by atoms with van der Waals surface area (Å²) < 4.78 is 81.8. The Morgan fingerprint density at radius 2 is 1.58 bits per heavy atom. The molecule has 0 aliphatic carbocycles. The molecule has 2 heterocycles. The number of benzene rings is 1. The van der Waals surface area contributed by atoms with Gasteiger partial charge in [-0.1, -0.05) is 0 Å². The van der Waals surface area contributed by atoms with Gasteiger partial charge in [-0.05, 0) is 36.4 Å². The molecule has 14 heteroatoms. The fourth-order valence-electron chi connectivity index (χ4n) is 2.65. The van der Waals surface area contributed by atoms with E-state index in [1.54, 1.807) is 0 Å². The highest BCUT2D eigenvalue weighted by atomic mass is 19.4. The van der Waals surface area contributed by atoms with Crippen LogP contribution >= 0.6 is 0 Å². The molecule has 0 bridgehead atoms. The lowest BCUT2D eigenvalue weighted by Crippen LogP contribution is -2.69. The maximum atomic E-state index is 13.8. The van der Waals surface area contributed by atoms with E-state index in [-0.39, 0.29) is 10.5 Å². The van der Waals surface area contributed by atoms with Crippen LogP contribution in [0.5, 0.6) is 5.75 Å². The minimum Gasteiger partial charge on any atom is -0.406 e. The standard InChI is InChI=1S/C17H10F6N4O4/c18-16(19,20)15(25-12(28)9-5-7-24-8-6-9)13(29)27(14(30)26-15)10-1-3-11(4-2-10)31-17(21,22)23/h1-8H,(H,25,28)(H,26,30). The third kappa shape index (κ3) is 4.22. The van der Waals surface area contributed by atoms with E-state index in [0.29, 0.717) is 12.1 Å². The van der Waals surface area contributed by atoms with Crippen molar-refractivity contribution < 1.29 is 45.5 Å². The second-order valence-electron chi connectivity index (χ2n) is 6.05.